The molecule has 0 spiro atoms. The van der Waals surface area contributed by atoms with Crippen LogP contribution in [0.15, 0.2) is 59.8 Å². The van der Waals surface area contributed by atoms with Gasteiger partial charge in [-0.1, -0.05) is 0 Å². The largest absolute Gasteiger partial charge is 0.388 e. The van der Waals surface area contributed by atoms with Crippen LogP contribution in [0.2, 0.25) is 0 Å². The lowest BCUT2D eigenvalue weighted by molar-refractivity contribution is 0.0827. The second kappa shape index (κ2) is 10.1. The van der Waals surface area contributed by atoms with Gasteiger partial charge in [-0.15, -0.1) is 0 Å². The molecule has 0 saturated carbocycles. The number of pyridine rings is 3. The second-order valence-corrected chi connectivity index (χ2v) is 9.50. The lowest BCUT2D eigenvalue weighted by Gasteiger charge is -2.35. The van der Waals surface area contributed by atoms with Crippen LogP contribution < -0.4 is 15.8 Å². The van der Waals surface area contributed by atoms with Gasteiger partial charge in [0.15, 0.2) is 0 Å². The molecule has 4 aromatic rings. The predicted molar refractivity (Wildman–Crippen MR) is 146 cm³/mol. The Morgan fingerprint density at radius 3 is 2.49 bits per heavy atom. The Hall–Kier alpha value is -4.18. The van der Waals surface area contributed by atoms with Crippen molar-refractivity contribution < 1.29 is 4.79 Å². The molecule has 1 fully saturated rings. The summed E-state index contributed by atoms with van der Waals surface area (Å²) >= 11 is 0. The number of carbonyl (C=O) groups is 1. The van der Waals surface area contributed by atoms with Gasteiger partial charge in [-0.05, 0) is 30.3 Å². The standard InChI is InChI=1S/C27H32N8O2/c1-28-20-8-10-35(25(36)15-20)23-7-9-29-26-22(23)16-21(32(26)4)18-33-11-13-34(14-12-33)24-6-5-19(17-30-24)27(37)31(2)3/h5-10,15-17,28H,11-14,18H2,1-4H3. The quantitative estimate of drug-likeness (QED) is 0.434. The van der Waals surface area contributed by atoms with Crippen molar-refractivity contribution in [3.8, 4) is 5.69 Å². The predicted octanol–water partition coefficient (Wildman–Crippen LogP) is 2.18. The van der Waals surface area contributed by atoms with Crippen molar-refractivity contribution in [3.63, 3.8) is 0 Å². The third-order valence-electron chi connectivity index (χ3n) is 6.96. The molecular formula is C27H32N8O2. The Labute approximate surface area is 215 Å². The molecule has 192 valence electrons. The van der Waals surface area contributed by atoms with Crippen molar-refractivity contribution in [1.82, 2.24) is 28.9 Å². The maximum atomic E-state index is 12.7. The van der Waals surface area contributed by atoms with Crippen molar-refractivity contribution in [2.75, 3.05) is 57.5 Å². The molecule has 37 heavy (non-hydrogen) atoms. The van der Waals surface area contributed by atoms with Gasteiger partial charge >= 0.3 is 0 Å². The fraction of sp³-hybridized carbons (Fsp3) is 0.333. The van der Waals surface area contributed by atoms with E-state index in [0.717, 1.165) is 66.6 Å². The highest BCUT2D eigenvalue weighted by Crippen LogP contribution is 2.25. The zero-order chi connectivity index (χ0) is 26.1. The van der Waals surface area contributed by atoms with Crippen LogP contribution in [0.5, 0.6) is 0 Å². The Morgan fingerprint density at radius 2 is 1.84 bits per heavy atom. The fourth-order valence-corrected chi connectivity index (χ4v) is 4.77. The van der Waals surface area contributed by atoms with Gasteiger partial charge in [0.25, 0.3) is 11.5 Å². The van der Waals surface area contributed by atoms with Crippen LogP contribution in [0.3, 0.4) is 0 Å². The number of hydrogen-bond acceptors (Lipinski definition) is 7. The van der Waals surface area contributed by atoms with E-state index < -0.39 is 0 Å². The molecule has 1 aliphatic rings. The molecule has 0 radical (unpaired) electrons. The number of aromatic nitrogens is 4. The molecule has 0 unspecified atom stereocenters. The van der Waals surface area contributed by atoms with E-state index >= 15 is 0 Å². The first-order chi connectivity index (χ1) is 17.9. The first kappa shape index (κ1) is 24.5. The highest BCUT2D eigenvalue weighted by atomic mass is 16.2. The Morgan fingerprint density at radius 1 is 1.05 bits per heavy atom. The van der Waals surface area contributed by atoms with E-state index in [4.69, 9.17) is 0 Å². The number of nitrogens with zero attached hydrogens (tertiary/aromatic N) is 7. The fourth-order valence-electron chi connectivity index (χ4n) is 4.77. The third kappa shape index (κ3) is 4.79. The zero-order valence-corrected chi connectivity index (χ0v) is 21.7. The molecule has 1 aliphatic heterocycles. The van der Waals surface area contributed by atoms with E-state index in [9.17, 15) is 9.59 Å². The van der Waals surface area contributed by atoms with Crippen molar-refractivity contribution in [2.24, 2.45) is 7.05 Å². The zero-order valence-electron chi connectivity index (χ0n) is 21.7. The van der Waals surface area contributed by atoms with Crippen molar-refractivity contribution in [1.29, 1.82) is 0 Å². The molecule has 0 atom stereocenters. The molecule has 4 aromatic heterocycles. The lowest BCUT2D eigenvalue weighted by Crippen LogP contribution is -2.46. The molecule has 10 nitrogen and oxygen atoms in total. The molecule has 1 N–H and O–H groups in total. The summed E-state index contributed by atoms with van der Waals surface area (Å²) in [5.74, 6) is 0.847. The van der Waals surface area contributed by atoms with Gasteiger partial charge in [0.1, 0.15) is 11.5 Å². The minimum absolute atomic E-state index is 0.0451. The van der Waals surface area contributed by atoms with Crippen LogP contribution in [0.1, 0.15) is 16.1 Å². The van der Waals surface area contributed by atoms with Gasteiger partial charge in [-0.3, -0.25) is 19.1 Å². The van der Waals surface area contributed by atoms with Crippen molar-refractivity contribution >= 4 is 28.4 Å². The first-order valence-corrected chi connectivity index (χ1v) is 12.3. The van der Waals surface area contributed by atoms with Crippen LogP contribution in [0.25, 0.3) is 16.7 Å². The molecule has 1 saturated heterocycles. The highest BCUT2D eigenvalue weighted by Gasteiger charge is 2.21. The number of rotatable bonds is 6. The Balaban J connectivity index is 1.30. The highest BCUT2D eigenvalue weighted by molar-refractivity contribution is 5.93. The van der Waals surface area contributed by atoms with E-state index in [0.29, 0.717) is 5.56 Å². The molecule has 0 bridgehead atoms. The molecule has 5 rings (SSSR count). The van der Waals surface area contributed by atoms with Gasteiger partial charge in [0.2, 0.25) is 0 Å². The molecular weight excluding hydrogens is 468 g/mol. The molecule has 0 aromatic carbocycles. The number of anilines is 2. The number of nitrogens with one attached hydrogen (secondary N) is 1. The lowest BCUT2D eigenvalue weighted by atomic mass is 10.2. The molecule has 1 amide bonds. The smallest absolute Gasteiger partial charge is 0.257 e. The topological polar surface area (TPSA) is 91.5 Å². The van der Waals surface area contributed by atoms with Gasteiger partial charge < -0.3 is 19.7 Å². The SMILES string of the molecule is CNc1ccn(-c2ccnc3c2cc(CN2CCN(c4ccc(C(=O)N(C)C)cn4)CC2)n3C)c(=O)c1. The van der Waals surface area contributed by atoms with Gasteiger partial charge in [0, 0.05) is 102 Å². The van der Waals surface area contributed by atoms with E-state index in [1.807, 2.05) is 31.3 Å². The van der Waals surface area contributed by atoms with Crippen LogP contribution in [-0.4, -0.2) is 82.1 Å². The number of amides is 1. The van der Waals surface area contributed by atoms with Crippen molar-refractivity contribution in [2.45, 2.75) is 6.54 Å². The normalized spacial score (nSPS) is 14.2. The van der Waals surface area contributed by atoms with Crippen LogP contribution >= 0.6 is 0 Å². The van der Waals surface area contributed by atoms with Crippen LogP contribution in [0.4, 0.5) is 11.5 Å². The van der Waals surface area contributed by atoms with Gasteiger partial charge in [-0.2, -0.15) is 0 Å². The summed E-state index contributed by atoms with van der Waals surface area (Å²) in [5, 5.41) is 3.96. The summed E-state index contributed by atoms with van der Waals surface area (Å²) in [7, 11) is 7.30. The molecule has 5 heterocycles. The Kier molecular flexibility index (Phi) is 6.66. The average molecular weight is 501 g/mol. The van der Waals surface area contributed by atoms with Crippen LogP contribution in [0, 0.1) is 0 Å². The van der Waals surface area contributed by atoms with E-state index in [1.54, 1.807) is 55.3 Å². The van der Waals surface area contributed by atoms with Crippen LogP contribution in [-0.2, 0) is 13.6 Å². The number of fused-ring (bicyclic) bond motifs is 1. The number of aryl methyl sites for hydroxylation is 1. The summed E-state index contributed by atoms with van der Waals surface area (Å²) in [6, 6.07) is 11.3. The maximum Gasteiger partial charge on any atom is 0.257 e. The van der Waals surface area contributed by atoms with E-state index in [2.05, 4.69) is 35.7 Å². The van der Waals surface area contributed by atoms with Crippen molar-refractivity contribution in [3.05, 3.63) is 76.6 Å². The van der Waals surface area contributed by atoms with E-state index in [1.165, 1.54) is 0 Å². The number of carbonyl (C=O) groups excluding carboxylic acids is 1. The minimum atomic E-state index is -0.0893. The van der Waals surface area contributed by atoms with Gasteiger partial charge in [-0.25, -0.2) is 9.97 Å². The third-order valence-corrected chi connectivity index (χ3v) is 6.96. The summed E-state index contributed by atoms with van der Waals surface area (Å²) in [5.41, 5.74) is 4.12. The summed E-state index contributed by atoms with van der Waals surface area (Å²) in [6.45, 7) is 4.29. The van der Waals surface area contributed by atoms with Gasteiger partial charge in [0.05, 0.1) is 11.3 Å². The summed E-state index contributed by atoms with van der Waals surface area (Å²) in [4.78, 5) is 40.2. The molecule has 10 heteroatoms. The number of hydrogen-bond donors (Lipinski definition) is 1. The van der Waals surface area contributed by atoms with E-state index in [-0.39, 0.29) is 11.5 Å². The average Bonchev–Trinajstić information content (AvgIpc) is 3.24. The summed E-state index contributed by atoms with van der Waals surface area (Å²) < 4.78 is 3.78. The Bertz CT molecular complexity index is 1480. The summed E-state index contributed by atoms with van der Waals surface area (Å²) in [6.07, 6.45) is 5.20. The maximum absolute atomic E-state index is 12.7. The minimum Gasteiger partial charge on any atom is -0.388 e. The first-order valence-electron chi connectivity index (χ1n) is 12.3. The monoisotopic (exact) mass is 500 g/mol. The second-order valence-electron chi connectivity index (χ2n) is 9.50. The number of piperazine rings is 1. The molecule has 0 aliphatic carbocycles.